The minimum atomic E-state index is 0.512. The Morgan fingerprint density at radius 2 is 1.87 bits per heavy atom. The van der Waals surface area contributed by atoms with Crippen LogP contribution >= 0.6 is 34.8 Å². The van der Waals surface area contributed by atoms with Gasteiger partial charge in [-0.3, -0.25) is 0 Å². The van der Waals surface area contributed by atoms with Gasteiger partial charge in [0.05, 0.1) is 10.0 Å². The zero-order valence-electron chi connectivity index (χ0n) is 8.41. The smallest absolute Gasteiger partial charge is 0.0652 e. The molecule has 1 rings (SSSR count). The Bertz CT molecular complexity index is 374. The lowest BCUT2D eigenvalue weighted by Gasteiger charge is -2.09. The van der Waals surface area contributed by atoms with Crippen molar-refractivity contribution in [2.75, 3.05) is 6.54 Å². The van der Waals surface area contributed by atoms with Crippen molar-refractivity contribution in [1.29, 1.82) is 0 Å². The molecule has 1 nitrogen and oxygen atoms in total. The Kier molecular flexibility index (Phi) is 4.94. The first kappa shape index (κ1) is 12.9. The highest BCUT2D eigenvalue weighted by Crippen LogP contribution is 2.31. The molecular formula is C11H12Cl3N. The molecule has 15 heavy (non-hydrogen) atoms. The third kappa shape index (κ3) is 3.69. The summed E-state index contributed by atoms with van der Waals surface area (Å²) in [6.07, 6.45) is 0. The molecule has 0 unspecified atom stereocenters. The zero-order valence-corrected chi connectivity index (χ0v) is 10.7. The summed E-state index contributed by atoms with van der Waals surface area (Å²) >= 11 is 17.9. The molecule has 0 bridgehead atoms. The number of rotatable bonds is 4. The Labute approximate surface area is 105 Å². The molecule has 82 valence electrons. The molecule has 0 fully saturated rings. The van der Waals surface area contributed by atoms with Crippen LogP contribution in [0.15, 0.2) is 24.3 Å². The van der Waals surface area contributed by atoms with Gasteiger partial charge in [0.25, 0.3) is 0 Å². The van der Waals surface area contributed by atoms with Gasteiger partial charge in [-0.2, -0.15) is 0 Å². The molecule has 0 atom stereocenters. The number of hydrogen-bond donors (Lipinski definition) is 1. The fraction of sp³-hybridized carbons (Fsp3) is 0.273. The van der Waals surface area contributed by atoms with Crippen LogP contribution in [0.1, 0.15) is 12.5 Å². The highest BCUT2D eigenvalue weighted by molar-refractivity contribution is 6.44. The molecule has 0 aliphatic rings. The molecule has 0 aliphatic carbocycles. The minimum Gasteiger partial charge on any atom is -0.309 e. The van der Waals surface area contributed by atoms with Gasteiger partial charge in [-0.1, -0.05) is 47.0 Å². The van der Waals surface area contributed by atoms with Gasteiger partial charge in [0.1, 0.15) is 0 Å². The van der Waals surface area contributed by atoms with E-state index >= 15 is 0 Å². The van der Waals surface area contributed by atoms with E-state index in [1.807, 2.05) is 6.92 Å². The van der Waals surface area contributed by atoms with Crippen LogP contribution in [-0.4, -0.2) is 6.54 Å². The van der Waals surface area contributed by atoms with Crippen molar-refractivity contribution in [2.24, 2.45) is 0 Å². The van der Waals surface area contributed by atoms with Crippen molar-refractivity contribution >= 4 is 34.8 Å². The first-order valence-electron chi connectivity index (χ1n) is 4.50. The van der Waals surface area contributed by atoms with Gasteiger partial charge in [-0.15, -0.1) is 0 Å². The largest absolute Gasteiger partial charge is 0.309 e. The SMILES string of the molecule is C=C(C)CNCc1c(Cl)ccc(Cl)c1Cl. The molecule has 1 N–H and O–H groups in total. The zero-order chi connectivity index (χ0) is 11.4. The fourth-order valence-electron chi connectivity index (χ4n) is 1.13. The summed E-state index contributed by atoms with van der Waals surface area (Å²) in [5.41, 5.74) is 1.89. The fourth-order valence-corrected chi connectivity index (χ4v) is 1.81. The van der Waals surface area contributed by atoms with Crippen molar-refractivity contribution in [3.63, 3.8) is 0 Å². The van der Waals surface area contributed by atoms with Gasteiger partial charge >= 0.3 is 0 Å². The van der Waals surface area contributed by atoms with E-state index in [0.717, 1.165) is 17.7 Å². The lowest BCUT2D eigenvalue weighted by molar-refractivity contribution is 0.741. The van der Waals surface area contributed by atoms with Crippen molar-refractivity contribution < 1.29 is 0 Å². The predicted molar refractivity (Wildman–Crippen MR) is 68.0 cm³/mol. The van der Waals surface area contributed by atoms with Crippen molar-refractivity contribution in [2.45, 2.75) is 13.5 Å². The standard InChI is InChI=1S/C11H12Cl3N/c1-7(2)5-15-6-8-9(12)3-4-10(13)11(8)14/h3-4,15H,1,5-6H2,2H3. The van der Waals surface area contributed by atoms with Crippen molar-refractivity contribution in [3.05, 3.63) is 44.9 Å². The van der Waals surface area contributed by atoms with E-state index in [4.69, 9.17) is 34.8 Å². The molecule has 0 spiro atoms. The van der Waals surface area contributed by atoms with Crippen molar-refractivity contribution in [3.8, 4) is 0 Å². The molecule has 0 saturated heterocycles. The Hall–Kier alpha value is -0.210. The summed E-state index contributed by atoms with van der Waals surface area (Å²) < 4.78 is 0. The number of benzene rings is 1. The first-order valence-corrected chi connectivity index (χ1v) is 5.63. The van der Waals surface area contributed by atoms with E-state index < -0.39 is 0 Å². The number of hydrogen-bond acceptors (Lipinski definition) is 1. The highest BCUT2D eigenvalue weighted by Gasteiger charge is 2.08. The summed E-state index contributed by atoms with van der Waals surface area (Å²) in [6, 6.07) is 3.43. The third-order valence-corrected chi connectivity index (χ3v) is 3.06. The second-order valence-corrected chi connectivity index (χ2v) is 4.57. The quantitative estimate of drug-likeness (QED) is 0.631. The van der Waals surface area contributed by atoms with Crippen LogP contribution in [-0.2, 0) is 6.54 Å². The molecule has 0 saturated carbocycles. The summed E-state index contributed by atoms with van der Waals surface area (Å²) in [7, 11) is 0. The predicted octanol–water partition coefficient (Wildman–Crippen LogP) is 4.31. The Morgan fingerprint density at radius 3 is 2.47 bits per heavy atom. The second-order valence-electron chi connectivity index (χ2n) is 3.38. The maximum absolute atomic E-state index is 6.04. The van der Waals surface area contributed by atoms with E-state index in [-0.39, 0.29) is 0 Å². The molecule has 0 radical (unpaired) electrons. The number of halogens is 3. The van der Waals surface area contributed by atoms with Gasteiger partial charge in [0.2, 0.25) is 0 Å². The molecule has 0 aromatic heterocycles. The van der Waals surface area contributed by atoms with E-state index in [2.05, 4.69) is 11.9 Å². The van der Waals surface area contributed by atoms with Crippen LogP contribution in [0, 0.1) is 0 Å². The third-order valence-electron chi connectivity index (χ3n) is 1.87. The van der Waals surface area contributed by atoms with E-state index in [9.17, 15) is 0 Å². The normalized spacial score (nSPS) is 10.4. The summed E-state index contributed by atoms with van der Waals surface area (Å²) in [6.45, 7) is 7.07. The highest BCUT2D eigenvalue weighted by atomic mass is 35.5. The lowest BCUT2D eigenvalue weighted by Crippen LogP contribution is -2.15. The van der Waals surface area contributed by atoms with Crippen LogP contribution in [0.5, 0.6) is 0 Å². The van der Waals surface area contributed by atoms with Crippen LogP contribution in [0.4, 0.5) is 0 Å². The topological polar surface area (TPSA) is 12.0 Å². The Morgan fingerprint density at radius 1 is 1.27 bits per heavy atom. The van der Waals surface area contributed by atoms with Crippen LogP contribution in [0.2, 0.25) is 15.1 Å². The van der Waals surface area contributed by atoms with Gasteiger partial charge in [0, 0.05) is 23.7 Å². The summed E-state index contributed by atoms with van der Waals surface area (Å²) in [5.74, 6) is 0. The molecule has 1 aromatic rings. The maximum Gasteiger partial charge on any atom is 0.0652 e. The number of nitrogens with one attached hydrogen (secondary N) is 1. The van der Waals surface area contributed by atoms with E-state index in [0.29, 0.717) is 21.6 Å². The monoisotopic (exact) mass is 263 g/mol. The Balaban J connectivity index is 2.75. The van der Waals surface area contributed by atoms with Gasteiger partial charge in [-0.25, -0.2) is 0 Å². The molecule has 0 aliphatic heterocycles. The average Bonchev–Trinajstić information content (AvgIpc) is 2.17. The lowest BCUT2D eigenvalue weighted by atomic mass is 10.2. The van der Waals surface area contributed by atoms with Crippen LogP contribution in [0.25, 0.3) is 0 Å². The van der Waals surface area contributed by atoms with Crippen molar-refractivity contribution in [1.82, 2.24) is 5.32 Å². The minimum absolute atomic E-state index is 0.512. The first-order chi connectivity index (χ1) is 7.02. The van der Waals surface area contributed by atoms with Crippen LogP contribution in [0.3, 0.4) is 0 Å². The second kappa shape index (κ2) is 5.76. The molecule has 0 heterocycles. The summed E-state index contributed by atoms with van der Waals surface area (Å²) in [4.78, 5) is 0. The van der Waals surface area contributed by atoms with Gasteiger partial charge in [-0.05, 0) is 19.1 Å². The van der Waals surface area contributed by atoms with E-state index in [1.165, 1.54) is 0 Å². The van der Waals surface area contributed by atoms with Gasteiger partial charge in [0.15, 0.2) is 0 Å². The maximum atomic E-state index is 6.04. The molecule has 0 amide bonds. The molecular weight excluding hydrogens is 252 g/mol. The average molecular weight is 265 g/mol. The molecule has 4 heteroatoms. The molecule has 1 aromatic carbocycles. The van der Waals surface area contributed by atoms with Gasteiger partial charge < -0.3 is 5.32 Å². The summed E-state index contributed by atoms with van der Waals surface area (Å²) in [5, 5.41) is 4.84. The van der Waals surface area contributed by atoms with E-state index in [1.54, 1.807) is 12.1 Å². The van der Waals surface area contributed by atoms with Crippen LogP contribution < -0.4 is 5.32 Å².